The van der Waals surface area contributed by atoms with E-state index in [4.69, 9.17) is 4.42 Å². The zero-order valence-corrected chi connectivity index (χ0v) is 21.9. The normalized spacial score (nSPS) is 16.8. The first-order valence-corrected chi connectivity index (χ1v) is 12.3. The highest BCUT2D eigenvalue weighted by molar-refractivity contribution is 6.35. The lowest BCUT2D eigenvalue weighted by Crippen LogP contribution is -2.25. The molecule has 1 aromatic carbocycles. The van der Waals surface area contributed by atoms with E-state index in [0.29, 0.717) is 28.1 Å². The Morgan fingerprint density at radius 1 is 1.11 bits per heavy atom. The maximum Gasteiger partial charge on any atom is 0.934 e. The number of allylic oxidation sites excluding steroid dienone is 7. The zero-order chi connectivity index (χ0) is 27.1. The topological polar surface area (TPSA) is 38.1 Å². The number of halogens is 2. The standard InChI is InChI=1S/C31H26BF2N2O2/c1-19-14-21(3)35(5)29(19)27(30-20(2)15-22(4)36(30)32(33)34)13-12-25-17-26-16-23-10-8-6-7-9-11-24(23)18-28(26)38-31(25)37/h6-8,10,12-18H,1-5H3/q+1/b7-6-,8-6?,10-8?,13-12+,23-10?. The number of nitrogens with zero attached hydrogens (tertiary/aromatic N) is 2. The minimum atomic E-state index is -2.71. The maximum atomic E-state index is 14.2. The van der Waals surface area contributed by atoms with Crippen molar-refractivity contribution >= 4 is 41.8 Å². The highest BCUT2D eigenvalue weighted by Gasteiger charge is 2.44. The quantitative estimate of drug-likeness (QED) is 0.231. The van der Waals surface area contributed by atoms with Crippen LogP contribution in [0.25, 0.3) is 28.7 Å². The first-order valence-electron chi connectivity index (χ1n) is 12.3. The third-order valence-corrected chi connectivity index (χ3v) is 6.92. The molecule has 0 saturated carbocycles. The van der Waals surface area contributed by atoms with Crippen molar-refractivity contribution in [2.75, 3.05) is 0 Å². The number of aryl methyl sites for hydroxylation is 2. The smallest absolute Gasteiger partial charge is 0.422 e. The van der Waals surface area contributed by atoms with Crippen LogP contribution in [0.2, 0.25) is 0 Å². The molecule has 0 saturated heterocycles. The second-order valence-corrected chi connectivity index (χ2v) is 9.54. The summed E-state index contributed by atoms with van der Waals surface area (Å²) >= 11 is 0. The van der Waals surface area contributed by atoms with Gasteiger partial charge in [-0.15, -0.1) is 0 Å². The van der Waals surface area contributed by atoms with Gasteiger partial charge in [0.25, 0.3) is 0 Å². The predicted octanol–water partition coefficient (Wildman–Crippen LogP) is 6.46. The molecule has 0 unspecified atom stereocenters. The fourth-order valence-electron chi connectivity index (χ4n) is 5.11. The molecule has 0 fully saturated rings. The summed E-state index contributed by atoms with van der Waals surface area (Å²) in [5.41, 5.74) is 6.92. The second-order valence-electron chi connectivity index (χ2n) is 9.54. The summed E-state index contributed by atoms with van der Waals surface area (Å²) in [4.78, 5) is 13.0. The molecule has 4 nitrogen and oxygen atoms in total. The van der Waals surface area contributed by atoms with Crippen LogP contribution in [0, 0.1) is 25.7 Å². The summed E-state index contributed by atoms with van der Waals surface area (Å²) < 4.78 is 37.1. The van der Waals surface area contributed by atoms with E-state index in [1.54, 1.807) is 43.4 Å². The molecule has 2 aliphatic rings. The van der Waals surface area contributed by atoms with Gasteiger partial charge in [0.1, 0.15) is 5.58 Å². The van der Waals surface area contributed by atoms with Crippen LogP contribution in [0.5, 0.6) is 0 Å². The largest absolute Gasteiger partial charge is 0.934 e. The van der Waals surface area contributed by atoms with E-state index in [2.05, 4.69) is 11.8 Å². The molecule has 5 rings (SSSR count). The number of hydrogen-bond acceptors (Lipinski definition) is 2. The van der Waals surface area contributed by atoms with Gasteiger partial charge in [0.2, 0.25) is 0 Å². The molecule has 0 N–H and O–H groups in total. The molecule has 38 heavy (non-hydrogen) atoms. The van der Waals surface area contributed by atoms with E-state index in [9.17, 15) is 13.4 Å². The summed E-state index contributed by atoms with van der Waals surface area (Å²) in [7, 11) is -0.798. The van der Waals surface area contributed by atoms with E-state index in [0.717, 1.165) is 43.5 Å². The summed E-state index contributed by atoms with van der Waals surface area (Å²) in [5.74, 6) is 6.02. The van der Waals surface area contributed by atoms with Crippen molar-refractivity contribution in [3.63, 3.8) is 0 Å². The minimum absolute atomic E-state index is 0.323. The van der Waals surface area contributed by atoms with Crippen molar-refractivity contribution in [1.29, 1.82) is 0 Å². The van der Waals surface area contributed by atoms with Crippen LogP contribution in [-0.2, 0) is 7.05 Å². The lowest BCUT2D eigenvalue weighted by Gasteiger charge is -2.12. The Bertz CT molecular complexity index is 1820. The number of fused-ring (bicyclic) bond motifs is 2. The van der Waals surface area contributed by atoms with E-state index >= 15 is 0 Å². The Balaban J connectivity index is 1.70. The molecule has 1 aliphatic heterocycles. The Hall–Kier alpha value is -4.44. The summed E-state index contributed by atoms with van der Waals surface area (Å²) in [5, 5.41) is 0.745. The van der Waals surface area contributed by atoms with Crippen LogP contribution >= 0.6 is 0 Å². The van der Waals surface area contributed by atoms with Crippen molar-refractivity contribution in [2.45, 2.75) is 27.7 Å². The molecular formula is C31H26BF2N2O2+. The number of rotatable bonds is 4. The lowest BCUT2D eigenvalue weighted by atomic mass is 9.99. The average Bonchev–Trinajstić information content (AvgIpc) is 3.28. The van der Waals surface area contributed by atoms with Crippen molar-refractivity contribution in [3.8, 4) is 11.8 Å². The van der Waals surface area contributed by atoms with Crippen molar-refractivity contribution < 1.29 is 17.5 Å². The average molecular weight is 507 g/mol. The van der Waals surface area contributed by atoms with Crippen LogP contribution in [0.15, 0.2) is 75.1 Å². The van der Waals surface area contributed by atoms with Gasteiger partial charge in [-0.25, -0.2) is 17.9 Å². The number of hydrogen-bond donors (Lipinski definition) is 0. The fourth-order valence-corrected chi connectivity index (χ4v) is 5.11. The predicted molar refractivity (Wildman–Crippen MR) is 151 cm³/mol. The summed E-state index contributed by atoms with van der Waals surface area (Å²) in [6.07, 6.45) is 12.6. The molecular weight excluding hydrogens is 481 g/mol. The third kappa shape index (κ3) is 4.43. The molecule has 2 aromatic heterocycles. The van der Waals surface area contributed by atoms with Gasteiger partial charge in [-0.05, 0) is 74.4 Å². The molecule has 188 valence electrons. The molecule has 7 heteroatoms. The van der Waals surface area contributed by atoms with Crippen LogP contribution in [-0.4, -0.2) is 22.2 Å². The second kappa shape index (κ2) is 9.79. The molecule has 0 amide bonds. The van der Waals surface area contributed by atoms with Crippen molar-refractivity contribution in [3.05, 3.63) is 110 Å². The number of benzene rings is 1. The molecule has 0 spiro atoms. The van der Waals surface area contributed by atoms with Gasteiger partial charge in [-0.1, -0.05) is 30.1 Å². The molecule has 0 atom stereocenters. The van der Waals surface area contributed by atoms with E-state index in [1.165, 1.54) is 0 Å². The SMILES string of the molecule is CC1=CC(C)=[N+](B(F)F)/C1=C(/C=C/c1cc2cc3c(cc2oc1=O)C#C/C=C\C=C3)c1c(C)cc(C)n1C. The Kier molecular flexibility index (Phi) is 6.50. The summed E-state index contributed by atoms with van der Waals surface area (Å²) in [6.45, 7) is 7.42. The van der Waals surface area contributed by atoms with Crippen LogP contribution in [0.3, 0.4) is 0 Å². The lowest BCUT2D eigenvalue weighted by molar-refractivity contribution is -0.343. The Morgan fingerprint density at radius 2 is 1.89 bits per heavy atom. The van der Waals surface area contributed by atoms with Gasteiger partial charge in [-0.3, -0.25) is 0 Å². The van der Waals surface area contributed by atoms with Crippen LogP contribution < -0.4 is 5.63 Å². The molecule has 3 aromatic rings. The monoisotopic (exact) mass is 507 g/mol. The van der Waals surface area contributed by atoms with Gasteiger partial charge in [0.15, 0.2) is 11.4 Å². The highest BCUT2D eigenvalue weighted by Crippen LogP contribution is 2.33. The minimum Gasteiger partial charge on any atom is -0.422 e. The Morgan fingerprint density at radius 3 is 2.61 bits per heavy atom. The molecule has 3 heterocycles. The molecule has 0 radical (unpaired) electrons. The fraction of sp³-hybridized carbons (Fsp3) is 0.161. The first kappa shape index (κ1) is 25.2. The van der Waals surface area contributed by atoms with Gasteiger partial charge in [-0.2, -0.15) is 0 Å². The third-order valence-electron chi connectivity index (χ3n) is 6.92. The van der Waals surface area contributed by atoms with Gasteiger partial charge in [0, 0.05) is 42.3 Å². The molecule has 0 bridgehead atoms. The number of aromatic nitrogens is 1. The van der Waals surface area contributed by atoms with Crippen molar-refractivity contribution in [2.24, 2.45) is 7.05 Å². The van der Waals surface area contributed by atoms with Crippen molar-refractivity contribution in [1.82, 2.24) is 4.57 Å². The van der Waals surface area contributed by atoms with Crippen LogP contribution in [0.1, 0.15) is 47.5 Å². The van der Waals surface area contributed by atoms with E-state index in [1.807, 2.05) is 62.7 Å². The zero-order valence-electron chi connectivity index (χ0n) is 21.9. The van der Waals surface area contributed by atoms with Gasteiger partial charge < -0.3 is 8.98 Å². The maximum absolute atomic E-state index is 14.2. The van der Waals surface area contributed by atoms with Gasteiger partial charge in [0.05, 0.1) is 16.8 Å². The Labute approximate surface area is 220 Å². The van der Waals surface area contributed by atoms with Gasteiger partial charge >= 0.3 is 13.0 Å². The first-order chi connectivity index (χ1) is 18.2. The van der Waals surface area contributed by atoms with E-state index in [-0.39, 0.29) is 0 Å². The van der Waals surface area contributed by atoms with Crippen LogP contribution in [0.4, 0.5) is 8.63 Å². The highest BCUT2D eigenvalue weighted by atomic mass is 19.2. The van der Waals surface area contributed by atoms with E-state index < -0.39 is 13.0 Å². The summed E-state index contributed by atoms with van der Waals surface area (Å²) in [6, 6.07) is 7.48. The molecule has 1 aliphatic carbocycles.